The van der Waals surface area contributed by atoms with E-state index in [1.165, 1.54) is 0 Å². The Morgan fingerprint density at radius 2 is 1.90 bits per heavy atom. The molecule has 0 radical (unpaired) electrons. The van der Waals surface area contributed by atoms with Crippen molar-refractivity contribution in [1.82, 2.24) is 0 Å². The van der Waals surface area contributed by atoms with Crippen LogP contribution in [0.3, 0.4) is 0 Å². The fourth-order valence-corrected chi connectivity index (χ4v) is 4.16. The van der Waals surface area contributed by atoms with E-state index in [4.69, 9.17) is 4.74 Å². The van der Waals surface area contributed by atoms with Crippen LogP contribution in [-0.2, 0) is 25.5 Å². The minimum Gasteiger partial charge on any atom is -0.455 e. The molecule has 1 fully saturated rings. The minimum absolute atomic E-state index is 0.0835. The lowest BCUT2D eigenvalue weighted by Crippen LogP contribution is -2.28. The average Bonchev–Trinajstić information content (AvgIpc) is 3.10. The van der Waals surface area contributed by atoms with E-state index in [-0.39, 0.29) is 25.5 Å². The molecule has 1 aliphatic heterocycles. The lowest BCUT2D eigenvalue weighted by molar-refractivity contribution is -0.151. The number of hydrogen-bond donors (Lipinski definition) is 1. The second-order valence-electron chi connectivity index (χ2n) is 7.51. The number of carbonyl (C=O) groups excluding carboxylic acids is 3. The number of nitrogens with zero attached hydrogens (tertiary/aromatic N) is 1. The van der Waals surface area contributed by atoms with Gasteiger partial charge in [-0.25, -0.2) is 0 Å². The second kappa shape index (κ2) is 9.43. The molecule has 1 heterocycles. The smallest absolute Gasteiger partial charge is 0.311 e. The Morgan fingerprint density at radius 1 is 1.20 bits per heavy atom. The van der Waals surface area contributed by atoms with Crippen molar-refractivity contribution < 1.29 is 19.1 Å². The number of anilines is 2. The summed E-state index contributed by atoms with van der Waals surface area (Å²) in [6.45, 7) is 5.77. The summed E-state index contributed by atoms with van der Waals surface area (Å²) in [5, 5.41) is 2.84. The summed E-state index contributed by atoms with van der Waals surface area (Å²) in [5.74, 6) is -1.63. The van der Waals surface area contributed by atoms with Crippen LogP contribution in [0.5, 0.6) is 0 Å². The van der Waals surface area contributed by atoms with Gasteiger partial charge in [0.1, 0.15) is 0 Å². The van der Waals surface area contributed by atoms with E-state index in [1.54, 1.807) is 4.90 Å². The molecule has 3 rings (SSSR count). The fraction of sp³-hybridized carbons (Fsp3) is 0.348. The maximum atomic E-state index is 12.4. The van der Waals surface area contributed by atoms with Crippen molar-refractivity contribution in [3.8, 4) is 0 Å². The SMILES string of the molecule is CCc1cc(Br)cc(C)c1NC(=O)COC(=O)[C@H]1CC(=O)N(c2ccc(C)cc2)C1. The Bertz CT molecular complexity index is 972. The zero-order valence-electron chi connectivity index (χ0n) is 17.3. The fourth-order valence-electron chi connectivity index (χ4n) is 3.54. The molecule has 0 bridgehead atoms. The highest BCUT2D eigenvalue weighted by Gasteiger charge is 2.36. The van der Waals surface area contributed by atoms with Crippen LogP contribution in [0.15, 0.2) is 40.9 Å². The van der Waals surface area contributed by atoms with Gasteiger partial charge in [-0.3, -0.25) is 14.4 Å². The second-order valence-corrected chi connectivity index (χ2v) is 8.42. The van der Waals surface area contributed by atoms with Gasteiger partial charge in [-0.2, -0.15) is 0 Å². The third kappa shape index (κ3) is 5.08. The Labute approximate surface area is 184 Å². The monoisotopic (exact) mass is 472 g/mol. The normalized spacial score (nSPS) is 15.9. The lowest BCUT2D eigenvalue weighted by Gasteiger charge is -2.17. The van der Waals surface area contributed by atoms with Crippen LogP contribution in [0.4, 0.5) is 11.4 Å². The minimum atomic E-state index is -0.577. The molecule has 1 atom stereocenters. The van der Waals surface area contributed by atoms with Crippen LogP contribution in [0.1, 0.15) is 30.0 Å². The summed E-state index contributed by atoms with van der Waals surface area (Å²) >= 11 is 3.46. The number of ether oxygens (including phenoxy) is 1. The molecule has 1 aliphatic rings. The highest BCUT2D eigenvalue weighted by atomic mass is 79.9. The van der Waals surface area contributed by atoms with Crippen molar-refractivity contribution in [2.45, 2.75) is 33.6 Å². The largest absolute Gasteiger partial charge is 0.455 e. The van der Waals surface area contributed by atoms with Gasteiger partial charge in [0.25, 0.3) is 5.91 Å². The molecule has 30 heavy (non-hydrogen) atoms. The molecular weight excluding hydrogens is 448 g/mol. The summed E-state index contributed by atoms with van der Waals surface area (Å²) in [6.07, 6.45) is 0.842. The van der Waals surface area contributed by atoms with E-state index in [1.807, 2.05) is 57.2 Å². The molecular formula is C23H25BrN2O4. The van der Waals surface area contributed by atoms with Gasteiger partial charge in [-0.15, -0.1) is 0 Å². The van der Waals surface area contributed by atoms with Gasteiger partial charge in [-0.05, 0) is 55.7 Å². The summed E-state index contributed by atoms with van der Waals surface area (Å²) < 4.78 is 6.16. The number of hydrogen-bond acceptors (Lipinski definition) is 4. The molecule has 7 heteroatoms. The van der Waals surface area contributed by atoms with E-state index in [0.717, 1.165) is 39.0 Å². The van der Waals surface area contributed by atoms with E-state index in [2.05, 4.69) is 21.2 Å². The molecule has 2 aromatic rings. The van der Waals surface area contributed by atoms with Gasteiger partial charge in [0, 0.05) is 28.8 Å². The van der Waals surface area contributed by atoms with Crippen molar-refractivity contribution >= 4 is 45.1 Å². The number of carbonyl (C=O) groups is 3. The predicted molar refractivity (Wildman–Crippen MR) is 119 cm³/mol. The third-order valence-corrected chi connectivity index (χ3v) is 5.63. The zero-order valence-corrected chi connectivity index (χ0v) is 18.9. The van der Waals surface area contributed by atoms with Gasteiger partial charge in [0.15, 0.2) is 6.61 Å². The first-order valence-electron chi connectivity index (χ1n) is 9.91. The number of aryl methyl sites for hydroxylation is 3. The Morgan fingerprint density at radius 3 is 2.57 bits per heavy atom. The van der Waals surface area contributed by atoms with Crippen molar-refractivity contribution in [2.75, 3.05) is 23.4 Å². The van der Waals surface area contributed by atoms with E-state index in [0.29, 0.717) is 0 Å². The van der Waals surface area contributed by atoms with Crippen molar-refractivity contribution in [2.24, 2.45) is 5.92 Å². The molecule has 158 valence electrons. The van der Waals surface area contributed by atoms with Gasteiger partial charge in [0.2, 0.25) is 5.91 Å². The Kier molecular flexibility index (Phi) is 6.92. The van der Waals surface area contributed by atoms with E-state index in [9.17, 15) is 14.4 Å². The number of amides is 2. The first-order valence-corrected chi connectivity index (χ1v) is 10.7. The van der Waals surface area contributed by atoms with Gasteiger partial charge in [0.05, 0.1) is 5.92 Å². The van der Waals surface area contributed by atoms with Gasteiger partial charge in [-0.1, -0.05) is 40.5 Å². The summed E-state index contributed by atoms with van der Waals surface area (Å²) in [5.41, 5.74) is 4.52. The Balaban J connectivity index is 1.56. The summed E-state index contributed by atoms with van der Waals surface area (Å²) in [4.78, 5) is 38.7. The van der Waals surface area contributed by atoms with Crippen LogP contribution < -0.4 is 10.2 Å². The van der Waals surface area contributed by atoms with E-state index >= 15 is 0 Å². The van der Waals surface area contributed by atoms with E-state index < -0.39 is 17.8 Å². The molecule has 0 spiro atoms. The molecule has 1 N–H and O–H groups in total. The topological polar surface area (TPSA) is 75.7 Å². The van der Waals surface area contributed by atoms with Crippen molar-refractivity contribution in [1.29, 1.82) is 0 Å². The lowest BCUT2D eigenvalue weighted by atomic mass is 10.1. The molecule has 6 nitrogen and oxygen atoms in total. The third-order valence-electron chi connectivity index (χ3n) is 5.18. The maximum Gasteiger partial charge on any atom is 0.311 e. The number of rotatable bonds is 6. The molecule has 2 aromatic carbocycles. The first-order chi connectivity index (χ1) is 14.3. The number of esters is 1. The maximum absolute atomic E-state index is 12.4. The first kappa shape index (κ1) is 22.0. The number of benzene rings is 2. The van der Waals surface area contributed by atoms with Crippen LogP contribution in [0, 0.1) is 19.8 Å². The zero-order chi connectivity index (χ0) is 21.8. The molecule has 0 aliphatic carbocycles. The predicted octanol–water partition coefficient (Wildman–Crippen LogP) is 4.16. The number of nitrogens with one attached hydrogen (secondary N) is 1. The average molecular weight is 473 g/mol. The van der Waals surface area contributed by atoms with Crippen LogP contribution >= 0.6 is 15.9 Å². The van der Waals surface area contributed by atoms with Crippen LogP contribution in [0.25, 0.3) is 0 Å². The molecule has 1 saturated heterocycles. The number of halogens is 1. The molecule has 0 unspecified atom stereocenters. The van der Waals surface area contributed by atoms with Crippen LogP contribution in [0.2, 0.25) is 0 Å². The van der Waals surface area contributed by atoms with Gasteiger partial charge >= 0.3 is 5.97 Å². The highest BCUT2D eigenvalue weighted by Crippen LogP contribution is 2.27. The van der Waals surface area contributed by atoms with Crippen molar-refractivity contribution in [3.63, 3.8) is 0 Å². The Hall–Kier alpha value is -2.67. The molecule has 2 amide bonds. The quantitative estimate of drug-likeness (QED) is 0.640. The molecule has 0 saturated carbocycles. The standard InChI is InChI=1S/C23H25BrN2O4/c1-4-16-10-18(24)9-15(3)22(16)25-20(27)13-30-23(29)17-11-21(28)26(12-17)19-7-5-14(2)6-8-19/h5-10,17H,4,11-13H2,1-3H3,(H,25,27)/t17-/m0/s1. The molecule has 0 aromatic heterocycles. The highest BCUT2D eigenvalue weighted by molar-refractivity contribution is 9.10. The van der Waals surface area contributed by atoms with Crippen molar-refractivity contribution in [3.05, 3.63) is 57.6 Å². The van der Waals surface area contributed by atoms with Crippen LogP contribution in [-0.4, -0.2) is 30.9 Å². The summed E-state index contributed by atoms with van der Waals surface area (Å²) in [7, 11) is 0. The summed E-state index contributed by atoms with van der Waals surface area (Å²) in [6, 6.07) is 11.4. The van der Waals surface area contributed by atoms with Gasteiger partial charge < -0.3 is 15.0 Å².